The van der Waals surface area contributed by atoms with E-state index in [1.54, 1.807) is 6.08 Å². The molecular weight excluding hydrogens is 519 g/mol. The van der Waals surface area contributed by atoms with Crippen LogP contribution in [0.2, 0.25) is 0 Å². The summed E-state index contributed by atoms with van der Waals surface area (Å²) in [5, 5.41) is 9.58. The summed E-state index contributed by atoms with van der Waals surface area (Å²) in [7, 11) is 2.08. The van der Waals surface area contributed by atoms with E-state index < -0.39 is 17.6 Å². The number of likely N-dealkylation sites (tertiary alicyclic amines) is 2. The average molecular weight is 548 g/mol. The van der Waals surface area contributed by atoms with Crippen LogP contribution in [0.25, 0.3) is 6.08 Å². The molecule has 8 nitrogen and oxygen atoms in total. The van der Waals surface area contributed by atoms with Gasteiger partial charge in [-0.1, -0.05) is 12.0 Å². The number of allylic oxidation sites excluding steroid dienone is 1. The molecule has 4 heterocycles. The number of aromatic nitrogens is 3. The number of halogens is 3. The largest absolute Gasteiger partial charge is 0.416 e. The van der Waals surface area contributed by atoms with Crippen molar-refractivity contribution < 1.29 is 18.0 Å². The predicted octanol–water partition coefficient (Wildman–Crippen LogP) is 4.13. The third-order valence-corrected chi connectivity index (χ3v) is 7.10. The Morgan fingerprint density at radius 2 is 1.93 bits per heavy atom. The van der Waals surface area contributed by atoms with E-state index in [2.05, 4.69) is 49.0 Å². The molecule has 3 N–H and O–H groups in total. The first-order chi connectivity index (χ1) is 19.2. The Kier molecular flexibility index (Phi) is 7.82. The first kappa shape index (κ1) is 27.3. The van der Waals surface area contributed by atoms with Gasteiger partial charge in [-0.25, -0.2) is 4.98 Å². The first-order valence-electron chi connectivity index (χ1n) is 12.8. The predicted molar refractivity (Wildman–Crippen MR) is 146 cm³/mol. The number of pyridine rings is 1. The highest BCUT2D eigenvalue weighted by Crippen LogP contribution is 2.36. The molecule has 11 heteroatoms. The molecule has 0 radical (unpaired) electrons. The molecule has 2 aromatic heterocycles. The number of fused-ring (bicyclic) bond motifs is 1. The second-order valence-electron chi connectivity index (χ2n) is 10.2. The van der Waals surface area contributed by atoms with Gasteiger partial charge in [0.05, 0.1) is 17.3 Å². The van der Waals surface area contributed by atoms with Crippen molar-refractivity contribution in [1.29, 1.82) is 5.41 Å². The first-order valence-corrected chi connectivity index (χ1v) is 12.8. The molecule has 0 saturated carbocycles. The van der Waals surface area contributed by atoms with Gasteiger partial charge < -0.3 is 20.6 Å². The molecule has 0 aliphatic carbocycles. The normalized spacial score (nSPS) is 19.4. The van der Waals surface area contributed by atoms with E-state index in [-0.39, 0.29) is 23.4 Å². The minimum atomic E-state index is -4.55. The second kappa shape index (κ2) is 11.5. The molecule has 5 rings (SSSR count). The number of nitrogens with one attached hydrogen (secondary N) is 3. The molecule has 206 valence electrons. The lowest BCUT2D eigenvalue weighted by molar-refractivity contribution is -0.138. The Hall–Kier alpha value is -4.27. The number of H-pyrrole nitrogens is 1. The molecule has 0 bridgehead atoms. The molecule has 2 unspecified atom stereocenters. The summed E-state index contributed by atoms with van der Waals surface area (Å²) >= 11 is 0. The van der Waals surface area contributed by atoms with Gasteiger partial charge in [0.15, 0.2) is 0 Å². The number of imidazole rings is 1. The number of amides is 1. The van der Waals surface area contributed by atoms with Crippen LogP contribution in [-0.2, 0) is 12.7 Å². The molecule has 2 aliphatic rings. The van der Waals surface area contributed by atoms with Crippen molar-refractivity contribution in [2.45, 2.75) is 12.7 Å². The zero-order valence-corrected chi connectivity index (χ0v) is 21.8. The van der Waals surface area contributed by atoms with Crippen LogP contribution in [-0.4, -0.2) is 70.1 Å². The maximum absolute atomic E-state index is 14.0. The fourth-order valence-corrected chi connectivity index (χ4v) is 5.35. The molecule has 0 spiro atoms. The number of rotatable bonds is 6. The number of hydrogen-bond acceptors (Lipinski definition) is 6. The summed E-state index contributed by atoms with van der Waals surface area (Å²) < 4.78 is 42.0. The van der Waals surface area contributed by atoms with Gasteiger partial charge in [0.2, 0.25) is 0 Å². The van der Waals surface area contributed by atoms with Gasteiger partial charge in [-0.15, -0.1) is 0 Å². The van der Waals surface area contributed by atoms with Gasteiger partial charge in [0.25, 0.3) is 5.91 Å². The number of nitrogens with zero attached hydrogens (tertiary/aromatic N) is 4. The molecule has 1 aromatic carbocycles. The summed E-state index contributed by atoms with van der Waals surface area (Å²) in [6.07, 6.45) is 4.07. The van der Waals surface area contributed by atoms with Crippen molar-refractivity contribution in [2.75, 3.05) is 38.5 Å². The summed E-state index contributed by atoms with van der Waals surface area (Å²) in [4.78, 5) is 28.4. The number of hydrogen-bond donors (Lipinski definition) is 3. The minimum Gasteiger partial charge on any atom is -0.332 e. The average Bonchev–Trinajstić information content (AvgIpc) is 3.61. The van der Waals surface area contributed by atoms with E-state index in [0.717, 1.165) is 38.5 Å². The fourth-order valence-electron chi connectivity index (χ4n) is 5.35. The highest BCUT2D eigenvalue weighted by Gasteiger charge is 2.40. The highest BCUT2D eigenvalue weighted by atomic mass is 19.4. The van der Waals surface area contributed by atoms with Crippen LogP contribution >= 0.6 is 0 Å². The lowest BCUT2D eigenvalue weighted by Crippen LogP contribution is -2.27. The Morgan fingerprint density at radius 3 is 2.65 bits per heavy atom. The molecule has 2 atom stereocenters. The van der Waals surface area contributed by atoms with Gasteiger partial charge in [-0.3, -0.25) is 14.7 Å². The zero-order valence-electron chi connectivity index (χ0n) is 21.8. The number of carbonyl (C=O) groups is 1. The van der Waals surface area contributed by atoms with E-state index >= 15 is 0 Å². The van der Waals surface area contributed by atoms with E-state index in [1.165, 1.54) is 42.9 Å². The number of benzene rings is 1. The minimum absolute atomic E-state index is 0.0560. The standard InChI is InChI=1S/C29H28F3N7O/c1-38-14-22-17-39(18-23(22)15-38)16-20-5-7-24(10-26(20)29(30,31)32)37-28(40)21-9-19(11-34-12-21)4-6-25-13-35-27(36-25)3-2-8-33/h2-3,5,7-13,22-23,33H,14-18H2,1H3,(H,35,36)(H,37,40)/b3-2-,33-8?. The molecule has 3 aromatic rings. The van der Waals surface area contributed by atoms with Gasteiger partial charge in [0, 0.05) is 62.6 Å². The number of aromatic amines is 1. The maximum atomic E-state index is 14.0. The van der Waals surface area contributed by atoms with Crippen LogP contribution in [0.15, 0.2) is 48.9 Å². The van der Waals surface area contributed by atoms with Gasteiger partial charge in [0.1, 0.15) is 11.5 Å². The quantitative estimate of drug-likeness (QED) is 0.318. The van der Waals surface area contributed by atoms with Crippen LogP contribution in [0.5, 0.6) is 0 Å². The van der Waals surface area contributed by atoms with Gasteiger partial charge >= 0.3 is 6.18 Å². The smallest absolute Gasteiger partial charge is 0.332 e. The van der Waals surface area contributed by atoms with E-state index in [4.69, 9.17) is 5.41 Å². The van der Waals surface area contributed by atoms with Crippen molar-refractivity contribution >= 4 is 23.9 Å². The van der Waals surface area contributed by atoms with Crippen molar-refractivity contribution in [1.82, 2.24) is 24.8 Å². The van der Waals surface area contributed by atoms with Gasteiger partial charge in [-0.2, -0.15) is 13.2 Å². The number of alkyl halides is 3. The Balaban J connectivity index is 1.27. The molecule has 2 aliphatic heterocycles. The molecular formula is C29H28F3N7O. The molecule has 1 amide bonds. The van der Waals surface area contributed by atoms with Crippen LogP contribution in [0.1, 0.15) is 38.6 Å². The molecule has 40 heavy (non-hydrogen) atoms. The highest BCUT2D eigenvalue weighted by molar-refractivity contribution is 6.04. The van der Waals surface area contributed by atoms with Crippen molar-refractivity contribution in [3.05, 3.63) is 82.7 Å². The van der Waals surface area contributed by atoms with E-state index in [1.807, 2.05) is 0 Å². The maximum Gasteiger partial charge on any atom is 0.416 e. The summed E-state index contributed by atoms with van der Waals surface area (Å²) in [6, 6.07) is 5.47. The number of carbonyl (C=O) groups excluding carboxylic acids is 1. The summed E-state index contributed by atoms with van der Waals surface area (Å²) in [6.45, 7) is 3.77. The van der Waals surface area contributed by atoms with Crippen molar-refractivity contribution in [3.8, 4) is 11.8 Å². The number of anilines is 1. The van der Waals surface area contributed by atoms with E-state index in [0.29, 0.717) is 28.9 Å². The van der Waals surface area contributed by atoms with Crippen LogP contribution in [0.3, 0.4) is 0 Å². The summed E-state index contributed by atoms with van der Waals surface area (Å²) in [5.41, 5.74) is 0.660. The second-order valence-corrected chi connectivity index (χ2v) is 10.2. The van der Waals surface area contributed by atoms with Crippen LogP contribution < -0.4 is 5.32 Å². The Bertz CT molecular complexity index is 1490. The SMILES string of the molecule is CN1CC2CN(Cc3ccc(NC(=O)c4cncc(C#Cc5cnc(/C=C\C=N)[nH]5)c4)cc3C(F)(F)F)CC2C1. The third-order valence-electron chi connectivity index (χ3n) is 7.10. The van der Waals surface area contributed by atoms with Crippen LogP contribution in [0, 0.1) is 29.1 Å². The van der Waals surface area contributed by atoms with E-state index in [9.17, 15) is 18.0 Å². The lowest BCUT2D eigenvalue weighted by atomic mass is 10.0. The molecule has 2 saturated heterocycles. The molecule has 2 fully saturated rings. The topological polar surface area (TPSA) is 101 Å². The fraction of sp³-hybridized carbons (Fsp3) is 0.310. The third kappa shape index (κ3) is 6.47. The van der Waals surface area contributed by atoms with Crippen molar-refractivity contribution in [2.24, 2.45) is 11.8 Å². The van der Waals surface area contributed by atoms with Crippen LogP contribution in [0.4, 0.5) is 18.9 Å². The monoisotopic (exact) mass is 547 g/mol. The Labute approximate surface area is 229 Å². The summed E-state index contributed by atoms with van der Waals surface area (Å²) in [5.74, 6) is 6.72. The van der Waals surface area contributed by atoms with Gasteiger partial charge in [-0.05, 0) is 60.7 Å². The van der Waals surface area contributed by atoms with Crippen molar-refractivity contribution in [3.63, 3.8) is 0 Å². The lowest BCUT2D eigenvalue weighted by Gasteiger charge is -2.22. The Morgan fingerprint density at radius 1 is 1.15 bits per heavy atom. The zero-order chi connectivity index (χ0) is 28.3.